The first kappa shape index (κ1) is 80.4. The smallest absolute Gasteiger partial charge is 0.0576 e. The van der Waals surface area contributed by atoms with Gasteiger partial charge in [0.15, 0.2) is 0 Å². The maximum absolute atomic E-state index is 6.98. The van der Waals surface area contributed by atoms with E-state index in [-0.39, 0.29) is 0 Å². The summed E-state index contributed by atoms with van der Waals surface area (Å²) in [7, 11) is 0. The average molecular weight is 1440 g/mol. The predicted molar refractivity (Wildman–Crippen MR) is 441 cm³/mol. The zero-order chi connectivity index (χ0) is 71.5. The molecule has 104 heavy (non-hydrogen) atoms. The van der Waals surface area contributed by atoms with E-state index in [1.54, 1.807) is 64.2 Å². The Morgan fingerprint density at radius 3 is 0.702 bits per heavy atom. The highest BCUT2D eigenvalue weighted by atomic mass is 16.5. The van der Waals surface area contributed by atoms with E-state index in [0.717, 1.165) is 180 Å². The highest BCUT2D eigenvalue weighted by molar-refractivity contribution is 5.15. The summed E-state index contributed by atoms with van der Waals surface area (Å²) >= 11 is 0. The summed E-state index contributed by atoms with van der Waals surface area (Å²) in [4.78, 5) is 13.9. The van der Waals surface area contributed by atoms with E-state index >= 15 is 0 Å². The highest BCUT2D eigenvalue weighted by Gasteiger charge is 2.64. The van der Waals surface area contributed by atoms with Gasteiger partial charge in [0.05, 0.1) is 12.2 Å². The van der Waals surface area contributed by atoms with E-state index in [1.807, 2.05) is 0 Å². The van der Waals surface area contributed by atoms with Crippen molar-refractivity contribution in [3.8, 4) is 0 Å². The van der Waals surface area contributed by atoms with Gasteiger partial charge in [0.25, 0.3) is 0 Å². The Labute approximate surface area is 645 Å². The van der Waals surface area contributed by atoms with E-state index in [0.29, 0.717) is 12.2 Å². The molecule has 0 spiro atoms. The van der Waals surface area contributed by atoms with Crippen LogP contribution in [0.2, 0.25) is 0 Å². The summed E-state index contributed by atoms with van der Waals surface area (Å²) in [6, 6.07) is 9.91. The third-order valence-electron chi connectivity index (χ3n) is 35.8. The van der Waals surface area contributed by atoms with Gasteiger partial charge >= 0.3 is 0 Å². The zero-order valence-electron chi connectivity index (χ0n) is 70.4. The van der Waals surface area contributed by atoms with E-state index in [1.165, 1.54) is 308 Å². The molecule has 0 radical (unpaired) electrons. The summed E-state index contributed by atoms with van der Waals surface area (Å²) in [5, 5.41) is 0. The van der Waals surface area contributed by atoms with Crippen LogP contribution in [0.15, 0.2) is 0 Å². The van der Waals surface area contributed by atoms with Crippen molar-refractivity contribution in [1.82, 2.24) is 19.6 Å². The van der Waals surface area contributed by atoms with Gasteiger partial charge in [0, 0.05) is 85.7 Å². The van der Waals surface area contributed by atoms with Crippen molar-refractivity contribution in [2.45, 2.75) is 513 Å². The Kier molecular flexibility index (Phi) is 30.7. The van der Waals surface area contributed by atoms with E-state index < -0.39 is 0 Å². The second-order valence-corrected chi connectivity index (χ2v) is 42.4. The SMILES string of the molecule is CCCCCCCCOC1CCC(N(C2CCC(C)CC2)C2CC(C3CCC(N(C4CCC(C)CC4)C4CCC(C)CC4)CC3)C3CCC4C5C(CCC2C35)C(C2CCC(N(C3CCC(C)CC3)C3CCC(C)CC3)CC2)CC4N(C2CCC(C)CC2)C2CCC(OCCCCCCCC)CC2)CC1. The Morgan fingerprint density at radius 1 is 0.212 bits per heavy atom. The molecule has 10 unspecified atom stereocenters. The van der Waals surface area contributed by atoms with Gasteiger partial charge in [-0.15, -0.1) is 0 Å². The first-order chi connectivity index (χ1) is 51.0. The van der Waals surface area contributed by atoms with Crippen LogP contribution in [0.5, 0.6) is 0 Å². The average Bonchev–Trinajstić information content (AvgIpc) is 1.01. The van der Waals surface area contributed by atoms with Crippen LogP contribution in [0, 0.1) is 94.7 Å². The number of ether oxygens (including phenoxy) is 2. The normalized spacial score (nSPS) is 44.9. The minimum Gasteiger partial charge on any atom is -0.378 e. The molecule has 0 amide bonds. The molecule has 0 saturated heterocycles. The van der Waals surface area contributed by atoms with Crippen LogP contribution in [0.4, 0.5) is 0 Å². The van der Waals surface area contributed by atoms with Crippen molar-refractivity contribution in [3.63, 3.8) is 0 Å². The summed E-state index contributed by atoms with van der Waals surface area (Å²) in [5.41, 5.74) is 0. The van der Waals surface area contributed by atoms with Crippen LogP contribution in [-0.4, -0.2) is 118 Å². The van der Waals surface area contributed by atoms with Crippen molar-refractivity contribution in [2.24, 2.45) is 94.7 Å². The largest absolute Gasteiger partial charge is 0.378 e. The molecule has 0 aromatic rings. The van der Waals surface area contributed by atoms with Crippen LogP contribution in [-0.2, 0) is 9.47 Å². The van der Waals surface area contributed by atoms with E-state index in [4.69, 9.17) is 9.47 Å². The quantitative estimate of drug-likeness (QED) is 0.0667. The Hall–Kier alpha value is -0.240. The molecule has 14 aliphatic carbocycles. The van der Waals surface area contributed by atoms with Gasteiger partial charge in [-0.05, 0) is 403 Å². The fourth-order valence-corrected chi connectivity index (χ4v) is 29.9. The minimum absolute atomic E-state index is 0.501. The molecule has 0 aromatic carbocycles. The number of hydrogen-bond acceptors (Lipinski definition) is 6. The van der Waals surface area contributed by atoms with E-state index in [2.05, 4.69) is 75.0 Å². The van der Waals surface area contributed by atoms with Gasteiger partial charge in [-0.3, -0.25) is 19.6 Å². The molecule has 6 heteroatoms. The summed E-state index contributed by atoms with van der Waals surface area (Å²) in [6.07, 6.45) is 85.9. The first-order valence-corrected chi connectivity index (χ1v) is 49.3. The van der Waals surface area contributed by atoms with Crippen molar-refractivity contribution in [2.75, 3.05) is 13.2 Å². The van der Waals surface area contributed by atoms with Crippen LogP contribution in [0.25, 0.3) is 0 Å². The molecule has 0 heterocycles. The lowest BCUT2D eigenvalue weighted by atomic mass is 9.41. The second-order valence-electron chi connectivity index (χ2n) is 42.4. The maximum Gasteiger partial charge on any atom is 0.0576 e. The molecular weight excluding hydrogens is 1270 g/mol. The molecule has 0 N–H and O–H groups in total. The Bertz CT molecular complexity index is 2160. The van der Waals surface area contributed by atoms with E-state index in [9.17, 15) is 0 Å². The van der Waals surface area contributed by atoms with Crippen LogP contribution >= 0.6 is 0 Å². The van der Waals surface area contributed by atoms with Crippen molar-refractivity contribution in [3.05, 3.63) is 0 Å². The van der Waals surface area contributed by atoms with Gasteiger partial charge in [-0.25, -0.2) is 0 Å². The molecule has 14 aliphatic rings. The Morgan fingerprint density at radius 2 is 0.433 bits per heavy atom. The van der Waals surface area contributed by atoms with Crippen molar-refractivity contribution < 1.29 is 9.47 Å². The highest BCUT2D eigenvalue weighted by Crippen LogP contribution is 2.67. The number of rotatable bonds is 30. The molecule has 0 aliphatic heterocycles. The van der Waals surface area contributed by atoms with Crippen LogP contribution in [0.1, 0.15) is 428 Å². The fourth-order valence-electron chi connectivity index (χ4n) is 29.9. The maximum atomic E-state index is 6.98. The summed E-state index contributed by atoms with van der Waals surface area (Å²) in [5.74, 6) is 15.0. The number of unbranched alkanes of at least 4 members (excludes halogenated alkanes) is 10. The van der Waals surface area contributed by atoms with Crippen molar-refractivity contribution in [1.29, 1.82) is 0 Å². The van der Waals surface area contributed by atoms with Crippen LogP contribution < -0.4 is 0 Å². The third-order valence-corrected chi connectivity index (χ3v) is 35.8. The van der Waals surface area contributed by atoms with Gasteiger partial charge in [0.1, 0.15) is 0 Å². The molecule has 14 saturated carbocycles. The molecule has 14 rings (SSSR count). The minimum atomic E-state index is 0.501. The third kappa shape index (κ3) is 19.9. The topological polar surface area (TPSA) is 31.4 Å². The standard InChI is InChI=1S/C98H174N4O2/c1-9-11-13-15-17-19-65-103-87-57-53-85(54-58-87)101(83-45-29-73(7)30-46-83)95-67-93(75-33-49-81(50-34-75)99(77-37-21-69(3)22-38-77)78-39-23-70(4)24-40-78)89-62-64-92-96(102(84-47-31-74(8)32-48-84)86-55-59-88(60-56-86)104-66-20-18-16-14-12-10-2)68-94(90-61-63-91(95)97(89)98(90)92)76-35-51-82(52-36-76)100(79-41-25-71(5)26-42-79)80-43-27-72(6)28-44-80/h69-98H,9-68H2,1-8H3. The predicted octanol–water partition coefficient (Wildman–Crippen LogP) is 26.2. The Balaban J connectivity index is 0.791. The van der Waals surface area contributed by atoms with Gasteiger partial charge in [0.2, 0.25) is 0 Å². The molecule has 598 valence electrons. The first-order valence-electron chi connectivity index (χ1n) is 49.3. The molecule has 6 nitrogen and oxygen atoms in total. The second kappa shape index (κ2) is 39.7. The lowest BCUT2D eigenvalue weighted by molar-refractivity contribution is -0.191. The van der Waals surface area contributed by atoms with Gasteiger partial charge < -0.3 is 9.47 Å². The fraction of sp³-hybridized carbons (Fsp3) is 1.00. The summed E-state index contributed by atoms with van der Waals surface area (Å²) in [6.45, 7) is 22.4. The molecule has 0 bridgehead atoms. The monoisotopic (exact) mass is 1440 g/mol. The lowest BCUT2D eigenvalue weighted by Crippen LogP contribution is -2.67. The number of hydrogen-bond donors (Lipinski definition) is 0. The van der Waals surface area contributed by atoms with Gasteiger partial charge in [-0.1, -0.05) is 120 Å². The van der Waals surface area contributed by atoms with Crippen molar-refractivity contribution >= 4 is 0 Å². The molecular formula is C98H174N4O2. The molecule has 0 aromatic heterocycles. The molecule has 10 atom stereocenters. The number of nitrogens with zero attached hydrogens (tertiary/aromatic N) is 4. The summed E-state index contributed by atoms with van der Waals surface area (Å²) < 4.78 is 14.0. The van der Waals surface area contributed by atoms with Gasteiger partial charge in [-0.2, -0.15) is 0 Å². The lowest BCUT2D eigenvalue weighted by Gasteiger charge is -2.68. The van der Waals surface area contributed by atoms with Crippen LogP contribution in [0.3, 0.4) is 0 Å². The molecule has 14 fully saturated rings. The zero-order valence-corrected chi connectivity index (χ0v) is 70.4.